The van der Waals surface area contributed by atoms with Gasteiger partial charge in [-0.3, -0.25) is 0 Å². The van der Waals surface area contributed by atoms with Gasteiger partial charge in [-0.2, -0.15) is 0 Å². The summed E-state index contributed by atoms with van der Waals surface area (Å²) in [7, 11) is 0. The lowest BCUT2D eigenvalue weighted by atomic mass is 9.86. The molecular formula is C16H23Cl2NO. The van der Waals surface area contributed by atoms with Crippen LogP contribution in [0.25, 0.3) is 0 Å². The van der Waals surface area contributed by atoms with E-state index >= 15 is 0 Å². The summed E-state index contributed by atoms with van der Waals surface area (Å²) < 4.78 is 0. The Morgan fingerprint density at radius 1 is 1.30 bits per heavy atom. The van der Waals surface area contributed by atoms with Crippen LogP contribution in [0.3, 0.4) is 0 Å². The molecule has 1 aliphatic rings. The number of nitrogens with one attached hydrogen (secondary N) is 1. The van der Waals surface area contributed by atoms with Crippen molar-refractivity contribution in [1.82, 2.24) is 5.32 Å². The van der Waals surface area contributed by atoms with Crippen molar-refractivity contribution in [3.05, 3.63) is 33.8 Å². The molecule has 1 aliphatic carbocycles. The van der Waals surface area contributed by atoms with Crippen LogP contribution in [-0.4, -0.2) is 18.3 Å². The van der Waals surface area contributed by atoms with Gasteiger partial charge < -0.3 is 10.4 Å². The van der Waals surface area contributed by atoms with E-state index in [2.05, 4.69) is 12.2 Å². The van der Waals surface area contributed by atoms with Crippen molar-refractivity contribution < 1.29 is 5.11 Å². The quantitative estimate of drug-likeness (QED) is 0.805. The zero-order valence-electron chi connectivity index (χ0n) is 12.0. The summed E-state index contributed by atoms with van der Waals surface area (Å²) in [6, 6.07) is 5.88. The molecule has 1 unspecified atom stereocenters. The number of hydrogen-bond donors (Lipinski definition) is 2. The molecule has 4 heteroatoms. The second-order valence-corrected chi connectivity index (χ2v) is 6.72. The Kier molecular flexibility index (Phi) is 5.74. The SMILES string of the molecule is CCC(NCC1(CO)CCCC1)c1ccc(Cl)cc1Cl. The number of hydrogen-bond acceptors (Lipinski definition) is 2. The molecule has 1 aromatic carbocycles. The monoisotopic (exact) mass is 315 g/mol. The van der Waals surface area contributed by atoms with Crippen LogP contribution in [-0.2, 0) is 0 Å². The summed E-state index contributed by atoms with van der Waals surface area (Å²) in [6.07, 6.45) is 5.63. The third kappa shape index (κ3) is 3.67. The molecule has 112 valence electrons. The molecule has 2 nitrogen and oxygen atoms in total. The van der Waals surface area contributed by atoms with Gasteiger partial charge in [0.25, 0.3) is 0 Å². The molecule has 0 bridgehead atoms. The van der Waals surface area contributed by atoms with E-state index < -0.39 is 0 Å². The fourth-order valence-electron chi connectivity index (χ4n) is 3.11. The number of aliphatic hydroxyl groups excluding tert-OH is 1. The Labute approximate surface area is 131 Å². The number of aliphatic hydroxyl groups is 1. The van der Waals surface area contributed by atoms with Crippen molar-refractivity contribution in [2.75, 3.05) is 13.2 Å². The lowest BCUT2D eigenvalue weighted by molar-refractivity contribution is 0.124. The highest BCUT2D eigenvalue weighted by molar-refractivity contribution is 6.35. The molecular weight excluding hydrogens is 293 g/mol. The summed E-state index contributed by atoms with van der Waals surface area (Å²) in [5.41, 5.74) is 1.15. The van der Waals surface area contributed by atoms with Gasteiger partial charge in [0.2, 0.25) is 0 Å². The smallest absolute Gasteiger partial charge is 0.0499 e. The molecule has 0 radical (unpaired) electrons. The summed E-state index contributed by atoms with van der Waals surface area (Å²) in [4.78, 5) is 0. The Morgan fingerprint density at radius 2 is 2.00 bits per heavy atom. The molecule has 20 heavy (non-hydrogen) atoms. The zero-order valence-corrected chi connectivity index (χ0v) is 13.5. The van der Waals surface area contributed by atoms with Crippen LogP contribution in [0.4, 0.5) is 0 Å². The summed E-state index contributed by atoms with van der Waals surface area (Å²) >= 11 is 12.2. The van der Waals surface area contributed by atoms with Gasteiger partial charge in [-0.1, -0.05) is 49.0 Å². The van der Waals surface area contributed by atoms with Crippen LogP contribution in [0.2, 0.25) is 10.0 Å². The van der Waals surface area contributed by atoms with Crippen LogP contribution in [0, 0.1) is 5.41 Å². The van der Waals surface area contributed by atoms with E-state index in [9.17, 15) is 5.11 Å². The van der Waals surface area contributed by atoms with Gasteiger partial charge in [0.05, 0.1) is 0 Å². The molecule has 0 spiro atoms. The van der Waals surface area contributed by atoms with Gasteiger partial charge in [0, 0.05) is 34.7 Å². The van der Waals surface area contributed by atoms with Crippen molar-refractivity contribution in [2.24, 2.45) is 5.41 Å². The normalized spacial score (nSPS) is 19.2. The first-order valence-electron chi connectivity index (χ1n) is 7.39. The summed E-state index contributed by atoms with van der Waals surface area (Å²) in [6.45, 7) is 3.26. The topological polar surface area (TPSA) is 32.3 Å². The predicted molar refractivity (Wildman–Crippen MR) is 85.5 cm³/mol. The third-order valence-electron chi connectivity index (χ3n) is 4.47. The molecule has 0 saturated heterocycles. The zero-order chi connectivity index (χ0) is 14.6. The van der Waals surface area contributed by atoms with Crippen molar-refractivity contribution in [3.8, 4) is 0 Å². The third-order valence-corrected chi connectivity index (χ3v) is 5.03. The standard InChI is InChI=1S/C16H23Cl2NO/c1-2-15(13-6-5-12(17)9-14(13)18)19-10-16(11-20)7-3-4-8-16/h5-6,9,15,19-20H,2-4,7-8,10-11H2,1H3. The van der Waals surface area contributed by atoms with Crippen LogP contribution in [0.15, 0.2) is 18.2 Å². The van der Waals surface area contributed by atoms with Gasteiger partial charge in [0.15, 0.2) is 0 Å². The Morgan fingerprint density at radius 3 is 2.55 bits per heavy atom. The lowest BCUT2D eigenvalue weighted by Gasteiger charge is -2.30. The van der Waals surface area contributed by atoms with Gasteiger partial charge in [0.1, 0.15) is 0 Å². The maximum atomic E-state index is 9.68. The minimum Gasteiger partial charge on any atom is -0.396 e. The molecule has 1 aromatic rings. The van der Waals surface area contributed by atoms with Crippen molar-refractivity contribution >= 4 is 23.2 Å². The van der Waals surface area contributed by atoms with Crippen molar-refractivity contribution in [1.29, 1.82) is 0 Å². The minimum atomic E-state index is 0.0618. The van der Waals surface area contributed by atoms with E-state index in [4.69, 9.17) is 23.2 Å². The van der Waals surface area contributed by atoms with Gasteiger partial charge in [-0.05, 0) is 37.0 Å². The average Bonchev–Trinajstić information content (AvgIpc) is 2.91. The van der Waals surface area contributed by atoms with E-state index in [1.165, 1.54) is 12.8 Å². The maximum Gasteiger partial charge on any atom is 0.0499 e. The van der Waals surface area contributed by atoms with Gasteiger partial charge in [-0.25, -0.2) is 0 Å². The number of halogens is 2. The van der Waals surface area contributed by atoms with Crippen LogP contribution < -0.4 is 5.32 Å². The van der Waals surface area contributed by atoms with Gasteiger partial charge >= 0.3 is 0 Å². The van der Waals surface area contributed by atoms with Crippen molar-refractivity contribution in [3.63, 3.8) is 0 Å². The molecule has 1 fully saturated rings. The first kappa shape index (κ1) is 16.1. The molecule has 0 aliphatic heterocycles. The number of benzene rings is 1. The second-order valence-electron chi connectivity index (χ2n) is 5.87. The van der Waals surface area contributed by atoms with E-state index in [1.807, 2.05) is 12.1 Å². The first-order valence-corrected chi connectivity index (χ1v) is 8.15. The fourth-order valence-corrected chi connectivity index (χ4v) is 3.65. The van der Waals surface area contributed by atoms with E-state index in [0.29, 0.717) is 10.0 Å². The molecule has 0 heterocycles. The second kappa shape index (κ2) is 7.13. The highest BCUT2D eigenvalue weighted by Gasteiger charge is 2.33. The molecule has 0 aromatic heterocycles. The predicted octanol–water partition coefficient (Wildman–Crippen LogP) is 4.59. The highest BCUT2D eigenvalue weighted by Crippen LogP contribution is 2.38. The molecule has 2 rings (SSSR count). The van der Waals surface area contributed by atoms with Crippen LogP contribution >= 0.6 is 23.2 Å². The maximum absolute atomic E-state index is 9.68. The van der Waals surface area contributed by atoms with E-state index in [0.717, 1.165) is 31.4 Å². The lowest BCUT2D eigenvalue weighted by Crippen LogP contribution is -2.37. The highest BCUT2D eigenvalue weighted by atomic mass is 35.5. The van der Waals surface area contributed by atoms with E-state index in [-0.39, 0.29) is 18.1 Å². The summed E-state index contributed by atoms with van der Waals surface area (Å²) in [5.74, 6) is 0. The Balaban J connectivity index is 2.05. The van der Waals surface area contributed by atoms with Crippen LogP contribution in [0.1, 0.15) is 50.6 Å². The Hall–Kier alpha value is -0.280. The van der Waals surface area contributed by atoms with E-state index in [1.54, 1.807) is 6.07 Å². The van der Waals surface area contributed by atoms with Crippen LogP contribution in [0.5, 0.6) is 0 Å². The minimum absolute atomic E-state index is 0.0618. The molecule has 1 atom stereocenters. The fraction of sp³-hybridized carbons (Fsp3) is 0.625. The average molecular weight is 316 g/mol. The first-order chi connectivity index (χ1) is 9.60. The number of rotatable bonds is 6. The molecule has 2 N–H and O–H groups in total. The van der Waals surface area contributed by atoms with Gasteiger partial charge in [-0.15, -0.1) is 0 Å². The molecule has 0 amide bonds. The summed E-state index contributed by atoms with van der Waals surface area (Å²) in [5, 5.41) is 14.6. The largest absolute Gasteiger partial charge is 0.396 e. The Bertz CT molecular complexity index is 444. The van der Waals surface area contributed by atoms with Crippen molar-refractivity contribution in [2.45, 2.75) is 45.1 Å². The molecule has 1 saturated carbocycles.